The third-order valence-electron chi connectivity index (χ3n) is 6.29. The lowest BCUT2D eigenvalue weighted by Gasteiger charge is -2.44. The molecule has 2 aliphatic heterocycles. The Labute approximate surface area is 197 Å². The minimum Gasteiger partial charge on any atom is -0.493 e. The summed E-state index contributed by atoms with van der Waals surface area (Å²) < 4.78 is 42.0. The van der Waals surface area contributed by atoms with Gasteiger partial charge in [-0.05, 0) is 45.7 Å². The Balaban J connectivity index is 1.43. The van der Waals surface area contributed by atoms with E-state index in [1.165, 1.54) is 11.3 Å². The molecular weight excluding hydrogens is 466 g/mol. The number of carbonyl (C=O) groups excluding carboxylic acids is 1. The molecule has 9 nitrogen and oxygen atoms in total. The van der Waals surface area contributed by atoms with E-state index in [4.69, 9.17) is 18.6 Å². The molecule has 2 atom stereocenters. The molecule has 5 rings (SSSR count). The predicted octanol–water partition coefficient (Wildman–Crippen LogP) is 3.39. The number of hydrogen-bond donors (Lipinski definition) is 1. The van der Waals surface area contributed by atoms with Crippen molar-refractivity contribution in [3.8, 4) is 5.75 Å². The maximum Gasteiger partial charge on any atom is 0.410 e. The van der Waals surface area contributed by atoms with E-state index in [-0.39, 0.29) is 18.0 Å². The van der Waals surface area contributed by atoms with Gasteiger partial charge in [0.1, 0.15) is 17.5 Å². The SMILES string of the molecule is CC(C)(C)OC(=O)N1C[C@@H](OS(C)(=O)=O)[C@H](Nc2nc3c4c(ccc3s2)OCC4)C2(CC2)C1. The highest BCUT2D eigenvalue weighted by Gasteiger charge is 2.58. The molecule has 33 heavy (non-hydrogen) atoms. The van der Waals surface area contributed by atoms with E-state index in [2.05, 4.69) is 5.32 Å². The molecule has 1 aromatic carbocycles. The summed E-state index contributed by atoms with van der Waals surface area (Å²) in [5.74, 6) is 0.877. The highest BCUT2D eigenvalue weighted by Crippen LogP contribution is 2.54. The molecular formula is C22H29N3O6S2. The van der Waals surface area contributed by atoms with E-state index in [1.54, 1.807) is 4.90 Å². The van der Waals surface area contributed by atoms with Gasteiger partial charge < -0.3 is 19.7 Å². The fraction of sp³-hybridized carbons (Fsp3) is 0.636. The second kappa shape index (κ2) is 7.71. The molecule has 3 heterocycles. The number of amides is 1. The van der Waals surface area contributed by atoms with Crippen LogP contribution < -0.4 is 10.1 Å². The van der Waals surface area contributed by atoms with Crippen molar-refractivity contribution in [3.63, 3.8) is 0 Å². The van der Waals surface area contributed by atoms with Crippen molar-refractivity contribution < 1.29 is 26.9 Å². The van der Waals surface area contributed by atoms with Crippen LogP contribution in [0.15, 0.2) is 12.1 Å². The maximum atomic E-state index is 12.8. The number of piperidine rings is 1. The fourth-order valence-corrected chi connectivity index (χ4v) is 6.33. The van der Waals surface area contributed by atoms with Crippen molar-refractivity contribution >= 4 is 42.9 Å². The molecule has 1 aromatic heterocycles. The number of carbonyl (C=O) groups is 1. The quantitative estimate of drug-likeness (QED) is 0.644. The van der Waals surface area contributed by atoms with Gasteiger partial charge >= 0.3 is 6.09 Å². The Hall–Kier alpha value is -2.11. The molecule has 180 valence electrons. The van der Waals surface area contributed by atoms with Crippen LogP contribution in [0.4, 0.5) is 9.93 Å². The average molecular weight is 496 g/mol. The van der Waals surface area contributed by atoms with E-state index in [0.717, 1.165) is 52.2 Å². The third kappa shape index (κ3) is 4.63. The summed E-state index contributed by atoms with van der Waals surface area (Å²) in [6, 6.07) is 3.69. The summed E-state index contributed by atoms with van der Waals surface area (Å²) in [4.78, 5) is 19.2. The predicted molar refractivity (Wildman–Crippen MR) is 125 cm³/mol. The summed E-state index contributed by atoms with van der Waals surface area (Å²) in [6.45, 7) is 6.70. The molecule has 2 aromatic rings. The van der Waals surface area contributed by atoms with Gasteiger partial charge in [0.15, 0.2) is 5.13 Å². The Morgan fingerprint density at radius 3 is 2.76 bits per heavy atom. The first-order valence-electron chi connectivity index (χ1n) is 11.1. The van der Waals surface area contributed by atoms with Crippen molar-refractivity contribution in [2.75, 3.05) is 31.3 Å². The van der Waals surface area contributed by atoms with Gasteiger partial charge in [0, 0.05) is 23.9 Å². The summed E-state index contributed by atoms with van der Waals surface area (Å²) in [5, 5.41) is 4.21. The molecule has 1 saturated carbocycles. The molecule has 3 aliphatic rings. The van der Waals surface area contributed by atoms with E-state index in [0.29, 0.717) is 13.2 Å². The number of likely N-dealkylation sites (tertiary alicyclic amines) is 1. The van der Waals surface area contributed by atoms with E-state index < -0.39 is 27.9 Å². The Kier molecular flexibility index (Phi) is 5.30. The highest BCUT2D eigenvalue weighted by atomic mass is 32.2. The van der Waals surface area contributed by atoms with Crippen LogP contribution in [0, 0.1) is 5.41 Å². The fourth-order valence-electron chi connectivity index (χ4n) is 4.78. The first-order chi connectivity index (χ1) is 15.4. The molecule has 1 amide bonds. The normalized spacial score (nSPS) is 23.9. The second-order valence-corrected chi connectivity index (χ2v) is 12.8. The minimum atomic E-state index is -3.74. The maximum absolute atomic E-state index is 12.8. The van der Waals surface area contributed by atoms with Gasteiger partial charge in [0.2, 0.25) is 0 Å². The van der Waals surface area contributed by atoms with Gasteiger partial charge in [-0.1, -0.05) is 11.3 Å². The lowest BCUT2D eigenvalue weighted by Crippen LogP contribution is -2.59. The zero-order valence-electron chi connectivity index (χ0n) is 19.2. The number of benzene rings is 1. The van der Waals surface area contributed by atoms with Crippen molar-refractivity contribution in [1.29, 1.82) is 0 Å². The number of hydrogen-bond acceptors (Lipinski definition) is 9. The first kappa shape index (κ1) is 22.7. The van der Waals surface area contributed by atoms with Gasteiger partial charge in [-0.3, -0.25) is 4.18 Å². The largest absolute Gasteiger partial charge is 0.493 e. The van der Waals surface area contributed by atoms with Crippen molar-refractivity contribution in [2.24, 2.45) is 5.41 Å². The van der Waals surface area contributed by atoms with Gasteiger partial charge in [0.25, 0.3) is 10.1 Å². The number of aromatic nitrogens is 1. The number of nitrogens with zero attached hydrogens (tertiary/aromatic N) is 2. The van der Waals surface area contributed by atoms with Crippen LogP contribution in [-0.2, 0) is 25.5 Å². The van der Waals surface area contributed by atoms with Crippen LogP contribution in [-0.4, -0.2) is 68.1 Å². The number of fused-ring (bicyclic) bond motifs is 3. The molecule has 1 spiro atoms. The smallest absolute Gasteiger partial charge is 0.410 e. The molecule has 1 aliphatic carbocycles. The minimum absolute atomic E-state index is 0.121. The molecule has 1 saturated heterocycles. The van der Waals surface area contributed by atoms with Gasteiger partial charge in [-0.25, -0.2) is 9.78 Å². The van der Waals surface area contributed by atoms with Crippen LogP contribution in [0.25, 0.3) is 10.2 Å². The van der Waals surface area contributed by atoms with Crippen molar-refractivity contribution in [2.45, 2.75) is 57.8 Å². The number of thiazole rings is 1. The molecule has 0 bridgehead atoms. The molecule has 2 fully saturated rings. The van der Waals surface area contributed by atoms with Crippen LogP contribution >= 0.6 is 11.3 Å². The average Bonchev–Trinajstić information content (AvgIpc) is 3.10. The Morgan fingerprint density at radius 1 is 1.33 bits per heavy atom. The second-order valence-electron chi connectivity index (χ2n) is 10.2. The van der Waals surface area contributed by atoms with E-state index >= 15 is 0 Å². The van der Waals surface area contributed by atoms with Gasteiger partial charge in [-0.15, -0.1) is 0 Å². The van der Waals surface area contributed by atoms with Gasteiger partial charge in [-0.2, -0.15) is 8.42 Å². The number of nitrogens with one attached hydrogen (secondary N) is 1. The summed E-state index contributed by atoms with van der Waals surface area (Å²) in [6.07, 6.45) is 2.39. The summed E-state index contributed by atoms with van der Waals surface area (Å²) >= 11 is 1.53. The monoisotopic (exact) mass is 495 g/mol. The molecule has 0 unspecified atom stereocenters. The Morgan fingerprint density at radius 2 is 2.09 bits per heavy atom. The van der Waals surface area contributed by atoms with E-state index in [1.807, 2.05) is 32.9 Å². The molecule has 11 heteroatoms. The Bertz CT molecular complexity index is 1200. The topological polar surface area (TPSA) is 107 Å². The summed E-state index contributed by atoms with van der Waals surface area (Å²) in [5.41, 5.74) is 1.12. The number of rotatable bonds is 4. The lowest BCUT2D eigenvalue weighted by atomic mass is 9.87. The number of ether oxygens (including phenoxy) is 2. The van der Waals surface area contributed by atoms with Crippen molar-refractivity contribution in [1.82, 2.24) is 9.88 Å². The highest BCUT2D eigenvalue weighted by molar-refractivity contribution is 7.86. The number of anilines is 1. The zero-order chi connectivity index (χ0) is 23.6. The molecule has 0 radical (unpaired) electrons. The van der Waals surface area contributed by atoms with Crippen LogP contribution in [0.2, 0.25) is 0 Å². The third-order valence-corrected chi connectivity index (χ3v) is 7.84. The lowest BCUT2D eigenvalue weighted by molar-refractivity contribution is -0.00889. The van der Waals surface area contributed by atoms with Gasteiger partial charge in [0.05, 0.1) is 35.7 Å². The standard InChI is InChI=1S/C22H29N3O6S2/c1-21(2,3)30-20(26)25-11-15(31-33(4,27)28)18(22(12-25)8-9-22)24-19-23-17-13-7-10-29-14(13)5-6-16(17)32-19/h5-6,15,18H,7-12H2,1-4H3,(H,23,24)/t15-,18+/m1/s1. The molecule has 1 N–H and O–H groups in total. The van der Waals surface area contributed by atoms with Crippen LogP contribution in [0.3, 0.4) is 0 Å². The zero-order valence-corrected chi connectivity index (χ0v) is 20.8. The van der Waals surface area contributed by atoms with Crippen molar-refractivity contribution in [3.05, 3.63) is 17.7 Å². The first-order valence-corrected chi connectivity index (χ1v) is 13.7. The summed E-state index contributed by atoms with van der Waals surface area (Å²) in [7, 11) is -3.74. The van der Waals surface area contributed by atoms with Crippen LogP contribution in [0.5, 0.6) is 5.75 Å². The van der Waals surface area contributed by atoms with E-state index in [9.17, 15) is 13.2 Å². The van der Waals surface area contributed by atoms with Crippen LogP contribution in [0.1, 0.15) is 39.2 Å².